The standard InChI is InChI=1S/C20H29F11O2/c21-16(22,17(23,24)18(25,26)19(27,28)20(29,30)31)11-6-3-1-2-4-7-12-32-14-10-15-9-5-8-13-33-15/h15H,1-14H2. The molecule has 198 valence electrons. The van der Waals surface area contributed by atoms with E-state index in [4.69, 9.17) is 9.47 Å². The van der Waals surface area contributed by atoms with Crippen molar-refractivity contribution < 1.29 is 57.8 Å². The van der Waals surface area contributed by atoms with E-state index in [2.05, 4.69) is 0 Å². The molecule has 33 heavy (non-hydrogen) atoms. The van der Waals surface area contributed by atoms with Crippen LogP contribution in [0.4, 0.5) is 48.3 Å². The topological polar surface area (TPSA) is 18.5 Å². The quantitative estimate of drug-likeness (QED) is 0.165. The van der Waals surface area contributed by atoms with E-state index >= 15 is 0 Å². The molecule has 1 heterocycles. The van der Waals surface area contributed by atoms with E-state index in [-0.39, 0.29) is 18.9 Å². The number of rotatable bonds is 15. The molecule has 0 aromatic carbocycles. The molecular weight excluding hydrogens is 481 g/mol. The average molecular weight is 510 g/mol. The van der Waals surface area contributed by atoms with E-state index < -0.39 is 42.7 Å². The molecule has 0 saturated carbocycles. The lowest BCUT2D eigenvalue weighted by atomic mass is 9.94. The van der Waals surface area contributed by atoms with Crippen LogP contribution in [0.3, 0.4) is 0 Å². The predicted octanol–water partition coefficient (Wildman–Crippen LogP) is 7.80. The maximum Gasteiger partial charge on any atom is 0.460 e. The molecule has 1 fully saturated rings. The van der Waals surface area contributed by atoms with Crippen molar-refractivity contribution in [2.75, 3.05) is 19.8 Å². The van der Waals surface area contributed by atoms with Gasteiger partial charge in [0, 0.05) is 26.2 Å². The lowest BCUT2D eigenvalue weighted by Crippen LogP contribution is -2.66. The number of hydrogen-bond acceptors (Lipinski definition) is 2. The highest BCUT2D eigenvalue weighted by atomic mass is 19.4. The minimum atomic E-state index is -7.32. The van der Waals surface area contributed by atoms with Gasteiger partial charge in [0.05, 0.1) is 6.10 Å². The highest BCUT2D eigenvalue weighted by molar-refractivity contribution is 5.06. The van der Waals surface area contributed by atoms with Gasteiger partial charge in [0.2, 0.25) is 0 Å². The zero-order valence-corrected chi connectivity index (χ0v) is 18.0. The highest BCUT2D eigenvalue weighted by Gasteiger charge is 2.86. The molecule has 0 bridgehead atoms. The third kappa shape index (κ3) is 7.83. The Bertz CT molecular complexity index is 559. The van der Waals surface area contributed by atoms with Crippen LogP contribution in [0.25, 0.3) is 0 Å². The Labute approximate surface area is 185 Å². The maximum atomic E-state index is 13.5. The lowest BCUT2D eigenvalue weighted by Gasteiger charge is -2.37. The van der Waals surface area contributed by atoms with Gasteiger partial charge in [-0.1, -0.05) is 25.7 Å². The first-order valence-corrected chi connectivity index (χ1v) is 10.9. The van der Waals surface area contributed by atoms with Crippen molar-refractivity contribution in [2.45, 2.75) is 107 Å². The molecule has 1 aliphatic rings. The summed E-state index contributed by atoms with van der Waals surface area (Å²) in [6.07, 6.45) is -3.71. The molecule has 13 heteroatoms. The molecule has 1 saturated heterocycles. The van der Waals surface area contributed by atoms with Crippen molar-refractivity contribution in [1.82, 2.24) is 0 Å². The second kappa shape index (κ2) is 12.2. The van der Waals surface area contributed by atoms with Crippen LogP contribution >= 0.6 is 0 Å². The van der Waals surface area contributed by atoms with E-state index in [9.17, 15) is 48.3 Å². The lowest BCUT2D eigenvalue weighted by molar-refractivity contribution is -0.422. The molecule has 0 aromatic rings. The van der Waals surface area contributed by atoms with E-state index in [0.29, 0.717) is 32.5 Å². The van der Waals surface area contributed by atoms with E-state index in [1.165, 1.54) is 0 Å². The molecule has 0 amide bonds. The monoisotopic (exact) mass is 510 g/mol. The van der Waals surface area contributed by atoms with Gasteiger partial charge < -0.3 is 9.47 Å². The normalized spacial score (nSPS) is 19.2. The zero-order valence-electron chi connectivity index (χ0n) is 18.0. The predicted molar refractivity (Wildman–Crippen MR) is 97.2 cm³/mol. The van der Waals surface area contributed by atoms with Crippen LogP contribution in [0.1, 0.15) is 70.6 Å². The van der Waals surface area contributed by atoms with Crippen molar-refractivity contribution >= 4 is 0 Å². The van der Waals surface area contributed by atoms with Crippen LogP contribution < -0.4 is 0 Å². The first-order chi connectivity index (χ1) is 15.1. The molecular formula is C20H29F11O2. The first kappa shape index (κ1) is 30.2. The number of unbranched alkanes of at least 4 members (excludes halogenated alkanes) is 5. The molecule has 2 nitrogen and oxygen atoms in total. The molecule has 0 aliphatic carbocycles. The molecule has 0 N–H and O–H groups in total. The summed E-state index contributed by atoms with van der Waals surface area (Å²) in [5.41, 5.74) is 0. The van der Waals surface area contributed by atoms with Gasteiger partial charge >= 0.3 is 29.9 Å². The molecule has 1 unspecified atom stereocenters. The van der Waals surface area contributed by atoms with Gasteiger partial charge in [-0.3, -0.25) is 0 Å². The van der Waals surface area contributed by atoms with Crippen molar-refractivity contribution in [3.05, 3.63) is 0 Å². The van der Waals surface area contributed by atoms with Crippen molar-refractivity contribution in [2.24, 2.45) is 0 Å². The van der Waals surface area contributed by atoms with Crippen LogP contribution in [0.5, 0.6) is 0 Å². The largest absolute Gasteiger partial charge is 0.460 e. The fourth-order valence-electron chi connectivity index (χ4n) is 3.37. The second-order valence-electron chi connectivity index (χ2n) is 8.19. The molecule has 0 radical (unpaired) electrons. The van der Waals surface area contributed by atoms with Crippen molar-refractivity contribution in [3.63, 3.8) is 0 Å². The van der Waals surface area contributed by atoms with Crippen molar-refractivity contribution in [3.8, 4) is 0 Å². The summed E-state index contributed by atoms with van der Waals surface area (Å²) in [7, 11) is 0. The van der Waals surface area contributed by atoms with Crippen LogP contribution in [0, 0.1) is 0 Å². The van der Waals surface area contributed by atoms with Gasteiger partial charge in [0.25, 0.3) is 0 Å². The third-order valence-corrected chi connectivity index (χ3v) is 5.49. The number of halogens is 11. The van der Waals surface area contributed by atoms with Gasteiger partial charge in [-0.25, -0.2) is 0 Å². The zero-order chi connectivity index (χ0) is 25.4. The fourth-order valence-corrected chi connectivity index (χ4v) is 3.37. The average Bonchev–Trinajstić information content (AvgIpc) is 2.71. The molecule has 1 aliphatic heterocycles. The van der Waals surface area contributed by atoms with Crippen LogP contribution in [-0.4, -0.2) is 55.8 Å². The summed E-state index contributed by atoms with van der Waals surface area (Å²) < 4.78 is 153. The number of hydrogen-bond donors (Lipinski definition) is 0. The van der Waals surface area contributed by atoms with Gasteiger partial charge in [-0.2, -0.15) is 48.3 Å². The summed E-state index contributed by atoms with van der Waals surface area (Å²) in [6.45, 7) is 1.74. The van der Waals surface area contributed by atoms with Gasteiger partial charge in [0.15, 0.2) is 0 Å². The Hall–Kier alpha value is -0.850. The third-order valence-electron chi connectivity index (χ3n) is 5.49. The SMILES string of the molecule is FC(F)(F)C(F)(F)C(F)(F)C(F)(F)C(F)(F)CCCCCCCCOCCC1CCCCO1. The summed E-state index contributed by atoms with van der Waals surface area (Å²) in [6, 6.07) is 0. The fraction of sp³-hybridized carbons (Fsp3) is 1.00. The van der Waals surface area contributed by atoms with Crippen molar-refractivity contribution in [1.29, 1.82) is 0 Å². The van der Waals surface area contributed by atoms with Crippen LogP contribution in [0.15, 0.2) is 0 Å². The summed E-state index contributed by atoms with van der Waals surface area (Å²) in [5, 5.41) is 0. The number of ether oxygens (including phenoxy) is 2. The summed E-state index contributed by atoms with van der Waals surface area (Å²) >= 11 is 0. The number of alkyl halides is 11. The smallest absolute Gasteiger partial charge is 0.381 e. The Morgan fingerprint density at radius 2 is 1.21 bits per heavy atom. The van der Waals surface area contributed by atoms with E-state index in [1.807, 2.05) is 0 Å². The minimum Gasteiger partial charge on any atom is -0.381 e. The van der Waals surface area contributed by atoms with Gasteiger partial charge in [-0.05, 0) is 38.5 Å². The van der Waals surface area contributed by atoms with E-state index in [0.717, 1.165) is 32.3 Å². The molecule has 0 spiro atoms. The summed E-state index contributed by atoms with van der Waals surface area (Å²) in [5.74, 6) is -27.3. The van der Waals surface area contributed by atoms with Crippen LogP contribution in [0.2, 0.25) is 0 Å². The van der Waals surface area contributed by atoms with Gasteiger partial charge in [-0.15, -0.1) is 0 Å². The second-order valence-corrected chi connectivity index (χ2v) is 8.19. The molecule has 1 rings (SSSR count). The summed E-state index contributed by atoms with van der Waals surface area (Å²) in [4.78, 5) is 0. The van der Waals surface area contributed by atoms with Gasteiger partial charge in [0.1, 0.15) is 0 Å². The first-order valence-electron chi connectivity index (χ1n) is 10.9. The molecule has 1 atom stereocenters. The Morgan fingerprint density at radius 3 is 1.76 bits per heavy atom. The van der Waals surface area contributed by atoms with Crippen LogP contribution in [-0.2, 0) is 9.47 Å². The Kier molecular flexibility index (Phi) is 11.2. The Balaban J connectivity index is 2.25. The minimum absolute atomic E-state index is 0.104. The molecule has 0 aromatic heterocycles. The Morgan fingerprint density at radius 1 is 0.636 bits per heavy atom. The van der Waals surface area contributed by atoms with E-state index in [1.54, 1.807) is 0 Å². The highest BCUT2D eigenvalue weighted by Crippen LogP contribution is 2.58. The maximum absolute atomic E-state index is 13.5.